The Kier molecular flexibility index (Phi) is 4.93. The summed E-state index contributed by atoms with van der Waals surface area (Å²) in [5.74, 6) is -0.868. The van der Waals surface area contributed by atoms with Crippen LogP contribution in [-0.4, -0.2) is 41.5 Å². The van der Waals surface area contributed by atoms with Gasteiger partial charge in [-0.15, -0.1) is 0 Å². The first-order chi connectivity index (χ1) is 8.02. The Morgan fingerprint density at radius 3 is 2.59 bits per heavy atom. The van der Waals surface area contributed by atoms with Crippen molar-refractivity contribution in [3.63, 3.8) is 0 Å². The van der Waals surface area contributed by atoms with Crippen LogP contribution in [0.25, 0.3) is 0 Å². The summed E-state index contributed by atoms with van der Waals surface area (Å²) in [5.41, 5.74) is 5.64. The maximum atomic E-state index is 12.2. The zero-order chi connectivity index (χ0) is 13.0. The second-order valence-electron chi connectivity index (χ2n) is 4.74. The van der Waals surface area contributed by atoms with Crippen LogP contribution in [0.1, 0.15) is 32.6 Å². The van der Waals surface area contributed by atoms with Gasteiger partial charge in [0.15, 0.2) is 0 Å². The highest BCUT2D eigenvalue weighted by Gasteiger charge is 2.36. The Morgan fingerprint density at radius 2 is 2.12 bits per heavy atom. The second kappa shape index (κ2) is 6.00. The highest BCUT2D eigenvalue weighted by atomic mass is 16.4. The number of nitrogens with two attached hydrogens (primary N) is 1. The van der Waals surface area contributed by atoms with Crippen molar-refractivity contribution in [2.45, 2.75) is 38.6 Å². The fraction of sp³-hybridized carbons (Fsp3) is 0.833. The van der Waals surface area contributed by atoms with Crippen molar-refractivity contribution in [3.8, 4) is 0 Å². The maximum Gasteiger partial charge on any atom is 0.326 e. The molecule has 3 N–H and O–H groups in total. The van der Waals surface area contributed by atoms with Gasteiger partial charge in [-0.25, -0.2) is 4.79 Å². The second-order valence-corrected chi connectivity index (χ2v) is 4.74. The summed E-state index contributed by atoms with van der Waals surface area (Å²) < 4.78 is 0. The van der Waals surface area contributed by atoms with Crippen LogP contribution < -0.4 is 5.73 Å². The number of hydrogen-bond donors (Lipinski definition) is 2. The number of hydrogen-bond acceptors (Lipinski definition) is 3. The van der Waals surface area contributed by atoms with Gasteiger partial charge in [0.25, 0.3) is 0 Å². The minimum atomic E-state index is -0.939. The molecule has 5 heteroatoms. The molecule has 0 bridgehead atoms. The lowest BCUT2D eigenvalue weighted by Gasteiger charge is -2.28. The molecule has 0 aromatic carbocycles. The predicted octanol–water partition coefficient (Wildman–Crippen LogP) is 0.683. The summed E-state index contributed by atoms with van der Waals surface area (Å²) >= 11 is 0. The van der Waals surface area contributed by atoms with E-state index in [0.29, 0.717) is 13.0 Å². The predicted molar refractivity (Wildman–Crippen MR) is 64.4 cm³/mol. The van der Waals surface area contributed by atoms with E-state index >= 15 is 0 Å². The molecular formula is C12H22N2O3. The number of rotatable bonds is 5. The number of carboxylic acids is 1. The van der Waals surface area contributed by atoms with Crippen LogP contribution in [0.4, 0.5) is 0 Å². The summed E-state index contributed by atoms with van der Waals surface area (Å²) in [4.78, 5) is 24.6. The largest absolute Gasteiger partial charge is 0.480 e. The molecule has 1 rings (SSSR count). The van der Waals surface area contributed by atoms with Gasteiger partial charge >= 0.3 is 5.97 Å². The Morgan fingerprint density at radius 1 is 1.47 bits per heavy atom. The number of aliphatic carboxylic acids is 1. The Bertz CT molecular complexity index is 293. The molecule has 1 fully saturated rings. The quantitative estimate of drug-likeness (QED) is 0.742. The minimum absolute atomic E-state index is 0.0628. The monoisotopic (exact) mass is 242 g/mol. The first-order valence-electron chi connectivity index (χ1n) is 6.22. The lowest BCUT2D eigenvalue weighted by atomic mass is 9.94. The zero-order valence-electron chi connectivity index (χ0n) is 10.6. The summed E-state index contributed by atoms with van der Waals surface area (Å²) in [7, 11) is 1.58. The van der Waals surface area contributed by atoms with E-state index in [1.54, 1.807) is 14.0 Å². The topological polar surface area (TPSA) is 83.6 Å². The molecule has 1 amide bonds. The molecule has 1 aliphatic carbocycles. The first-order valence-corrected chi connectivity index (χ1v) is 6.22. The van der Waals surface area contributed by atoms with Crippen LogP contribution in [0.3, 0.4) is 0 Å². The number of nitrogens with zero attached hydrogens (tertiary/aromatic N) is 1. The van der Waals surface area contributed by atoms with Gasteiger partial charge in [0, 0.05) is 13.0 Å². The van der Waals surface area contributed by atoms with Gasteiger partial charge in [-0.2, -0.15) is 0 Å². The van der Waals surface area contributed by atoms with E-state index in [4.69, 9.17) is 10.8 Å². The average Bonchev–Trinajstić information content (AvgIpc) is 2.76. The van der Waals surface area contributed by atoms with Crippen molar-refractivity contribution in [1.29, 1.82) is 0 Å². The molecule has 1 aliphatic rings. The van der Waals surface area contributed by atoms with Crippen LogP contribution >= 0.6 is 0 Å². The van der Waals surface area contributed by atoms with Gasteiger partial charge in [0.2, 0.25) is 5.91 Å². The standard InChI is InChI=1S/C12H22N2O3/c1-3-10(12(16)17)14(2)11(15)9-6-4-5-8(9)7-13/h8-10H,3-7,13H2,1-2H3,(H,16,17). The van der Waals surface area contributed by atoms with E-state index in [2.05, 4.69) is 0 Å². The highest BCUT2D eigenvalue weighted by molar-refractivity contribution is 5.85. The minimum Gasteiger partial charge on any atom is -0.480 e. The SMILES string of the molecule is CCC(C(=O)O)N(C)C(=O)C1CCCC1CN. The Balaban J connectivity index is 2.71. The summed E-state index contributed by atoms with van der Waals surface area (Å²) in [6.45, 7) is 2.28. The molecule has 0 aromatic rings. The van der Waals surface area contributed by atoms with Gasteiger partial charge in [0.05, 0.1) is 0 Å². The number of carbonyl (C=O) groups is 2. The summed E-state index contributed by atoms with van der Waals surface area (Å²) in [6, 6.07) is -0.721. The van der Waals surface area contributed by atoms with Crippen molar-refractivity contribution in [2.24, 2.45) is 17.6 Å². The van der Waals surface area contributed by atoms with Crippen molar-refractivity contribution in [1.82, 2.24) is 4.90 Å². The molecule has 0 aromatic heterocycles. The fourth-order valence-electron chi connectivity index (χ4n) is 2.67. The number of amides is 1. The van der Waals surface area contributed by atoms with Crippen LogP contribution in [0.5, 0.6) is 0 Å². The van der Waals surface area contributed by atoms with Gasteiger partial charge < -0.3 is 15.7 Å². The van der Waals surface area contributed by atoms with Crippen LogP contribution in [0.15, 0.2) is 0 Å². The third-order valence-electron chi connectivity index (χ3n) is 3.77. The molecule has 3 atom stereocenters. The smallest absolute Gasteiger partial charge is 0.326 e. The zero-order valence-corrected chi connectivity index (χ0v) is 10.6. The Hall–Kier alpha value is -1.10. The molecule has 0 heterocycles. The van der Waals surface area contributed by atoms with Gasteiger partial charge in [-0.05, 0) is 31.7 Å². The molecular weight excluding hydrogens is 220 g/mol. The number of carbonyl (C=O) groups excluding carboxylic acids is 1. The van der Waals surface area contributed by atoms with Crippen LogP contribution in [0.2, 0.25) is 0 Å². The third-order valence-corrected chi connectivity index (χ3v) is 3.77. The van der Waals surface area contributed by atoms with E-state index in [-0.39, 0.29) is 17.7 Å². The Labute approximate surface area is 102 Å². The number of carboxylic acid groups (broad SMARTS) is 1. The molecule has 5 nitrogen and oxygen atoms in total. The van der Waals surface area contributed by atoms with E-state index < -0.39 is 12.0 Å². The van der Waals surface area contributed by atoms with E-state index in [0.717, 1.165) is 19.3 Å². The van der Waals surface area contributed by atoms with Gasteiger partial charge in [-0.1, -0.05) is 13.3 Å². The molecule has 17 heavy (non-hydrogen) atoms. The molecule has 0 saturated heterocycles. The normalized spacial score (nSPS) is 25.6. The molecule has 1 saturated carbocycles. The third kappa shape index (κ3) is 2.97. The van der Waals surface area contributed by atoms with Crippen molar-refractivity contribution in [2.75, 3.05) is 13.6 Å². The lowest BCUT2D eigenvalue weighted by Crippen LogP contribution is -2.46. The maximum absolute atomic E-state index is 12.2. The fourth-order valence-corrected chi connectivity index (χ4v) is 2.67. The van der Waals surface area contributed by atoms with E-state index in [9.17, 15) is 9.59 Å². The molecule has 0 radical (unpaired) electrons. The highest BCUT2D eigenvalue weighted by Crippen LogP contribution is 2.32. The summed E-state index contributed by atoms with van der Waals surface area (Å²) in [6.07, 6.45) is 3.25. The van der Waals surface area contributed by atoms with Crippen molar-refractivity contribution >= 4 is 11.9 Å². The average molecular weight is 242 g/mol. The summed E-state index contributed by atoms with van der Waals surface area (Å²) in [5, 5.41) is 9.04. The van der Waals surface area contributed by atoms with Gasteiger partial charge in [0.1, 0.15) is 6.04 Å². The first kappa shape index (κ1) is 14.0. The molecule has 0 spiro atoms. The van der Waals surface area contributed by atoms with Gasteiger partial charge in [-0.3, -0.25) is 4.79 Å². The molecule has 0 aliphatic heterocycles. The molecule has 3 unspecified atom stereocenters. The van der Waals surface area contributed by atoms with Crippen LogP contribution in [0, 0.1) is 11.8 Å². The van der Waals surface area contributed by atoms with E-state index in [1.807, 2.05) is 0 Å². The lowest BCUT2D eigenvalue weighted by molar-refractivity contribution is -0.151. The van der Waals surface area contributed by atoms with Crippen LogP contribution in [-0.2, 0) is 9.59 Å². The van der Waals surface area contributed by atoms with Crippen molar-refractivity contribution in [3.05, 3.63) is 0 Å². The van der Waals surface area contributed by atoms with Crippen molar-refractivity contribution < 1.29 is 14.7 Å². The molecule has 98 valence electrons. The number of likely N-dealkylation sites (N-methyl/N-ethyl adjacent to an activating group) is 1. The van der Waals surface area contributed by atoms with E-state index in [1.165, 1.54) is 4.90 Å².